The lowest BCUT2D eigenvalue weighted by Gasteiger charge is -2.25. The standard InChI is InChI=1S/C12H19N3O2S/c1-14-5-4-6-15(2)10(7-14)11-13-9(8-18-11)12(16)17-3/h8,10H,4-7H2,1-3H3. The largest absolute Gasteiger partial charge is 0.464 e. The number of aromatic nitrogens is 1. The van der Waals surface area contributed by atoms with Crippen LogP contribution in [0.5, 0.6) is 0 Å². The second-order valence-corrected chi connectivity index (χ2v) is 5.56. The van der Waals surface area contributed by atoms with Crippen molar-refractivity contribution in [3.63, 3.8) is 0 Å². The molecular formula is C12H19N3O2S. The van der Waals surface area contributed by atoms with E-state index in [1.54, 1.807) is 5.38 Å². The van der Waals surface area contributed by atoms with E-state index in [2.05, 4.69) is 28.9 Å². The van der Waals surface area contributed by atoms with E-state index < -0.39 is 0 Å². The minimum absolute atomic E-state index is 0.265. The first kappa shape index (κ1) is 13.5. The molecule has 1 aromatic rings. The van der Waals surface area contributed by atoms with Gasteiger partial charge in [-0.15, -0.1) is 11.3 Å². The predicted octanol–water partition coefficient (Wildman–Crippen LogP) is 1.24. The number of thiazole rings is 1. The van der Waals surface area contributed by atoms with Crippen LogP contribution in [0.1, 0.15) is 28.0 Å². The summed E-state index contributed by atoms with van der Waals surface area (Å²) in [6.07, 6.45) is 1.17. The van der Waals surface area contributed by atoms with E-state index in [1.807, 2.05) is 0 Å². The molecule has 100 valence electrons. The van der Waals surface area contributed by atoms with Gasteiger partial charge in [0.15, 0.2) is 5.69 Å². The molecular weight excluding hydrogens is 250 g/mol. The fraction of sp³-hybridized carbons (Fsp3) is 0.667. The van der Waals surface area contributed by atoms with Crippen LogP contribution >= 0.6 is 11.3 Å². The third kappa shape index (κ3) is 2.88. The maximum Gasteiger partial charge on any atom is 0.357 e. The Morgan fingerprint density at radius 2 is 2.28 bits per heavy atom. The lowest BCUT2D eigenvalue weighted by Crippen LogP contribution is -2.30. The van der Waals surface area contributed by atoms with Crippen molar-refractivity contribution in [1.82, 2.24) is 14.8 Å². The highest BCUT2D eigenvalue weighted by atomic mass is 32.1. The van der Waals surface area contributed by atoms with Crippen LogP contribution in [0.15, 0.2) is 5.38 Å². The first-order valence-electron chi connectivity index (χ1n) is 6.04. The summed E-state index contributed by atoms with van der Waals surface area (Å²) < 4.78 is 4.69. The van der Waals surface area contributed by atoms with E-state index in [-0.39, 0.29) is 12.0 Å². The molecule has 2 heterocycles. The Balaban J connectivity index is 2.18. The molecule has 0 saturated carbocycles. The van der Waals surface area contributed by atoms with E-state index in [9.17, 15) is 4.79 Å². The lowest BCUT2D eigenvalue weighted by molar-refractivity contribution is 0.0594. The van der Waals surface area contributed by atoms with Crippen LogP contribution in [-0.2, 0) is 4.74 Å². The monoisotopic (exact) mass is 269 g/mol. The molecule has 1 atom stereocenters. The van der Waals surface area contributed by atoms with Gasteiger partial charge in [0.1, 0.15) is 5.01 Å². The molecule has 1 aliphatic rings. The molecule has 0 radical (unpaired) electrons. The van der Waals surface area contributed by atoms with Gasteiger partial charge in [-0.3, -0.25) is 4.90 Å². The Hall–Kier alpha value is -0.980. The first-order chi connectivity index (χ1) is 8.61. The average molecular weight is 269 g/mol. The van der Waals surface area contributed by atoms with Crippen molar-refractivity contribution in [3.8, 4) is 0 Å². The normalized spacial score (nSPS) is 22.7. The molecule has 1 saturated heterocycles. The molecule has 0 bridgehead atoms. The van der Waals surface area contributed by atoms with Crippen molar-refractivity contribution in [2.45, 2.75) is 12.5 Å². The van der Waals surface area contributed by atoms with Crippen molar-refractivity contribution < 1.29 is 9.53 Å². The number of rotatable bonds is 2. The topological polar surface area (TPSA) is 45.7 Å². The molecule has 2 rings (SSSR count). The Bertz CT molecular complexity index is 421. The van der Waals surface area contributed by atoms with E-state index in [4.69, 9.17) is 4.74 Å². The summed E-state index contributed by atoms with van der Waals surface area (Å²) in [6.45, 7) is 3.11. The van der Waals surface area contributed by atoms with Crippen molar-refractivity contribution in [2.75, 3.05) is 40.8 Å². The third-order valence-corrected chi connectivity index (χ3v) is 4.21. The zero-order valence-corrected chi connectivity index (χ0v) is 11.9. The molecule has 1 fully saturated rings. The maximum atomic E-state index is 11.4. The highest BCUT2D eigenvalue weighted by molar-refractivity contribution is 7.09. The van der Waals surface area contributed by atoms with Gasteiger partial charge in [0.2, 0.25) is 0 Å². The number of carbonyl (C=O) groups excluding carboxylic acids is 1. The maximum absolute atomic E-state index is 11.4. The number of hydrogen-bond donors (Lipinski definition) is 0. The number of hydrogen-bond acceptors (Lipinski definition) is 6. The fourth-order valence-electron chi connectivity index (χ4n) is 2.18. The molecule has 5 nitrogen and oxygen atoms in total. The van der Waals surface area contributed by atoms with Crippen LogP contribution in [0.4, 0.5) is 0 Å². The number of methoxy groups -OCH3 is 1. The van der Waals surface area contributed by atoms with Crippen molar-refractivity contribution in [2.24, 2.45) is 0 Å². The number of nitrogens with zero attached hydrogens (tertiary/aromatic N) is 3. The Kier molecular flexibility index (Phi) is 4.31. The Morgan fingerprint density at radius 3 is 3.00 bits per heavy atom. The summed E-state index contributed by atoms with van der Waals surface area (Å²) >= 11 is 1.53. The molecule has 18 heavy (non-hydrogen) atoms. The minimum Gasteiger partial charge on any atom is -0.464 e. The summed E-state index contributed by atoms with van der Waals surface area (Å²) in [5.41, 5.74) is 0.415. The smallest absolute Gasteiger partial charge is 0.357 e. The zero-order valence-electron chi connectivity index (χ0n) is 11.0. The average Bonchev–Trinajstić information content (AvgIpc) is 2.77. The van der Waals surface area contributed by atoms with Gasteiger partial charge in [0.25, 0.3) is 0 Å². The summed E-state index contributed by atoms with van der Waals surface area (Å²) in [5, 5.41) is 2.77. The van der Waals surface area contributed by atoms with Gasteiger partial charge in [0.05, 0.1) is 13.2 Å². The van der Waals surface area contributed by atoms with Crippen molar-refractivity contribution in [1.29, 1.82) is 0 Å². The third-order valence-electron chi connectivity index (χ3n) is 3.27. The molecule has 1 aliphatic heterocycles. The van der Waals surface area contributed by atoms with Crippen LogP contribution in [0.3, 0.4) is 0 Å². The molecule has 0 N–H and O–H groups in total. The highest BCUT2D eigenvalue weighted by Gasteiger charge is 2.25. The van der Waals surface area contributed by atoms with Gasteiger partial charge in [-0.05, 0) is 33.6 Å². The summed E-state index contributed by atoms with van der Waals surface area (Å²) in [4.78, 5) is 20.4. The summed E-state index contributed by atoms with van der Waals surface area (Å²) in [5.74, 6) is -0.359. The van der Waals surface area contributed by atoms with Crippen molar-refractivity contribution >= 4 is 17.3 Å². The predicted molar refractivity (Wildman–Crippen MR) is 70.9 cm³/mol. The quantitative estimate of drug-likeness (QED) is 0.756. The van der Waals surface area contributed by atoms with E-state index in [0.29, 0.717) is 5.69 Å². The molecule has 6 heteroatoms. The van der Waals surface area contributed by atoms with Crippen LogP contribution in [0.2, 0.25) is 0 Å². The second-order valence-electron chi connectivity index (χ2n) is 4.67. The number of esters is 1. The number of carbonyl (C=O) groups is 1. The van der Waals surface area contributed by atoms with E-state index in [1.165, 1.54) is 24.9 Å². The van der Waals surface area contributed by atoms with Gasteiger partial charge in [-0.1, -0.05) is 0 Å². The Labute approximate surface area is 111 Å². The van der Waals surface area contributed by atoms with Crippen LogP contribution < -0.4 is 0 Å². The SMILES string of the molecule is COC(=O)c1csc(C2CN(C)CCCN2C)n1. The zero-order chi connectivity index (χ0) is 13.1. The fourth-order valence-corrected chi connectivity index (χ4v) is 3.12. The van der Waals surface area contributed by atoms with Crippen LogP contribution in [0, 0.1) is 0 Å². The van der Waals surface area contributed by atoms with E-state index in [0.717, 1.165) is 24.6 Å². The van der Waals surface area contributed by atoms with Gasteiger partial charge in [0, 0.05) is 11.9 Å². The van der Waals surface area contributed by atoms with Gasteiger partial charge < -0.3 is 9.64 Å². The first-order valence-corrected chi connectivity index (χ1v) is 6.92. The summed E-state index contributed by atoms with van der Waals surface area (Å²) in [6, 6.07) is 0.265. The number of likely N-dealkylation sites (N-methyl/N-ethyl adjacent to an activating group) is 2. The molecule has 0 aliphatic carbocycles. The molecule has 0 aromatic carbocycles. The second kappa shape index (κ2) is 5.77. The lowest BCUT2D eigenvalue weighted by atomic mass is 10.2. The summed E-state index contributed by atoms with van der Waals surface area (Å²) in [7, 11) is 5.62. The van der Waals surface area contributed by atoms with E-state index >= 15 is 0 Å². The molecule has 0 spiro atoms. The van der Waals surface area contributed by atoms with Gasteiger partial charge in [-0.2, -0.15) is 0 Å². The van der Waals surface area contributed by atoms with Crippen LogP contribution in [-0.4, -0.2) is 61.6 Å². The van der Waals surface area contributed by atoms with Gasteiger partial charge >= 0.3 is 5.97 Å². The van der Waals surface area contributed by atoms with Crippen LogP contribution in [0.25, 0.3) is 0 Å². The Morgan fingerprint density at radius 1 is 1.50 bits per heavy atom. The van der Waals surface area contributed by atoms with Crippen molar-refractivity contribution in [3.05, 3.63) is 16.1 Å². The number of ether oxygens (including phenoxy) is 1. The molecule has 0 amide bonds. The highest BCUT2D eigenvalue weighted by Crippen LogP contribution is 2.26. The molecule has 1 aromatic heterocycles. The molecule has 1 unspecified atom stereocenters. The minimum atomic E-state index is -0.359. The van der Waals surface area contributed by atoms with Gasteiger partial charge in [-0.25, -0.2) is 9.78 Å².